The van der Waals surface area contributed by atoms with Crippen LogP contribution in [0.3, 0.4) is 0 Å². The average molecular weight is 405 g/mol. The highest BCUT2D eigenvalue weighted by molar-refractivity contribution is 6.00. The van der Waals surface area contributed by atoms with Crippen molar-refractivity contribution in [3.05, 3.63) is 112 Å². The van der Waals surface area contributed by atoms with E-state index in [-0.39, 0.29) is 11.5 Å². The maximum absolute atomic E-state index is 13.3. The molecular weight excluding hydrogens is 386 g/mol. The Hall–Kier alpha value is -4.05. The van der Waals surface area contributed by atoms with E-state index in [1.165, 1.54) is 0 Å². The van der Waals surface area contributed by atoms with Crippen LogP contribution in [-0.2, 0) is 0 Å². The molecule has 6 rings (SSSR count). The van der Waals surface area contributed by atoms with E-state index in [4.69, 9.17) is 9.15 Å². The number of fused-ring (bicyclic) bond motifs is 6. The van der Waals surface area contributed by atoms with Crippen molar-refractivity contribution in [2.24, 2.45) is 0 Å². The third-order valence-electron chi connectivity index (χ3n) is 6.11. The van der Waals surface area contributed by atoms with Crippen LogP contribution in [-0.4, -0.2) is 7.11 Å². The maximum Gasteiger partial charge on any atom is 0.342 e. The highest BCUT2D eigenvalue weighted by atomic mass is 16.5. The summed E-state index contributed by atoms with van der Waals surface area (Å²) < 4.78 is 11.1. The van der Waals surface area contributed by atoms with Crippen molar-refractivity contribution in [3.63, 3.8) is 0 Å². The van der Waals surface area contributed by atoms with Crippen LogP contribution >= 0.6 is 0 Å². The Labute approximate surface area is 178 Å². The maximum atomic E-state index is 13.3. The molecule has 0 fully saturated rings. The van der Waals surface area contributed by atoms with Gasteiger partial charge < -0.3 is 14.5 Å². The lowest BCUT2D eigenvalue weighted by atomic mass is 9.79. The quantitative estimate of drug-likeness (QED) is 0.349. The van der Waals surface area contributed by atoms with Crippen LogP contribution in [0, 0.1) is 0 Å². The van der Waals surface area contributed by atoms with Crippen molar-refractivity contribution in [2.75, 3.05) is 12.4 Å². The predicted octanol–water partition coefficient (Wildman–Crippen LogP) is 6.19. The number of benzene rings is 4. The van der Waals surface area contributed by atoms with Gasteiger partial charge in [-0.25, -0.2) is 4.79 Å². The standard InChI is InChI=1S/C27H19NO3/c1-30-18-13-10-17(11-14-18)23-24-19-7-3-2-6-16(19)12-15-21(24)28-26-20-8-4-5-9-22(20)31-27(29)25(23)26/h2-15,23,28H,1H3/t23-/m1/s1. The summed E-state index contributed by atoms with van der Waals surface area (Å²) in [5.74, 6) is 0.519. The number of hydrogen-bond acceptors (Lipinski definition) is 4. The molecular formula is C27H19NO3. The van der Waals surface area contributed by atoms with Gasteiger partial charge in [-0.2, -0.15) is 0 Å². The van der Waals surface area contributed by atoms with E-state index < -0.39 is 0 Å². The molecule has 4 heteroatoms. The molecule has 0 aliphatic carbocycles. The summed E-state index contributed by atoms with van der Waals surface area (Å²) in [4.78, 5) is 13.3. The van der Waals surface area contributed by atoms with Gasteiger partial charge >= 0.3 is 5.63 Å². The van der Waals surface area contributed by atoms with Crippen molar-refractivity contribution in [2.45, 2.75) is 5.92 Å². The lowest BCUT2D eigenvalue weighted by Gasteiger charge is -2.30. The fourth-order valence-corrected chi connectivity index (χ4v) is 4.69. The number of hydrogen-bond donors (Lipinski definition) is 1. The molecule has 1 aromatic heterocycles. The number of ether oxygens (including phenoxy) is 1. The Kier molecular flexibility index (Phi) is 3.87. The molecule has 0 bridgehead atoms. The first-order valence-corrected chi connectivity index (χ1v) is 10.2. The zero-order valence-corrected chi connectivity index (χ0v) is 16.9. The second-order valence-corrected chi connectivity index (χ2v) is 7.75. The molecule has 5 aromatic rings. The SMILES string of the molecule is COc1ccc([C@H]2c3c(c4ccccc4oc3=O)Nc3ccc4ccccc4c32)cc1. The molecule has 4 aromatic carbocycles. The summed E-state index contributed by atoms with van der Waals surface area (Å²) in [7, 11) is 1.65. The van der Waals surface area contributed by atoms with Crippen LogP contribution in [0.25, 0.3) is 21.7 Å². The average Bonchev–Trinajstić information content (AvgIpc) is 2.83. The molecule has 31 heavy (non-hydrogen) atoms. The summed E-state index contributed by atoms with van der Waals surface area (Å²) in [6.07, 6.45) is 0. The summed E-state index contributed by atoms with van der Waals surface area (Å²) in [5, 5.41) is 6.70. The van der Waals surface area contributed by atoms with Gasteiger partial charge in [0.1, 0.15) is 11.3 Å². The predicted molar refractivity (Wildman–Crippen MR) is 124 cm³/mol. The first-order valence-electron chi connectivity index (χ1n) is 10.2. The third kappa shape index (κ3) is 2.65. The Balaban J connectivity index is 1.73. The van der Waals surface area contributed by atoms with Crippen LogP contribution in [0.15, 0.2) is 94.1 Å². The monoisotopic (exact) mass is 405 g/mol. The fraction of sp³-hybridized carbons (Fsp3) is 0.0741. The molecule has 0 saturated carbocycles. The summed E-state index contributed by atoms with van der Waals surface area (Å²) in [6, 6.07) is 28.1. The number of para-hydroxylation sites is 1. The molecule has 1 N–H and O–H groups in total. The highest BCUT2D eigenvalue weighted by Crippen LogP contribution is 2.48. The molecule has 0 amide bonds. The van der Waals surface area contributed by atoms with Crippen molar-refractivity contribution in [3.8, 4) is 5.75 Å². The van der Waals surface area contributed by atoms with Crippen molar-refractivity contribution >= 4 is 33.1 Å². The molecule has 4 nitrogen and oxygen atoms in total. The summed E-state index contributed by atoms with van der Waals surface area (Å²) in [6.45, 7) is 0. The molecule has 0 saturated heterocycles. The lowest BCUT2D eigenvalue weighted by Crippen LogP contribution is -2.22. The van der Waals surface area contributed by atoms with Crippen LogP contribution < -0.4 is 15.7 Å². The summed E-state index contributed by atoms with van der Waals surface area (Å²) in [5.41, 5.74) is 4.81. The minimum Gasteiger partial charge on any atom is -0.497 e. The minimum atomic E-state index is -0.319. The smallest absolute Gasteiger partial charge is 0.342 e. The first-order chi connectivity index (χ1) is 15.2. The molecule has 0 radical (unpaired) electrons. The zero-order valence-electron chi connectivity index (χ0n) is 16.9. The Bertz CT molecular complexity index is 1520. The Morgan fingerprint density at radius 2 is 1.55 bits per heavy atom. The molecule has 1 atom stereocenters. The lowest BCUT2D eigenvalue weighted by molar-refractivity contribution is 0.414. The van der Waals surface area contributed by atoms with Gasteiger partial charge in [0, 0.05) is 17.0 Å². The van der Waals surface area contributed by atoms with Gasteiger partial charge in [0.05, 0.1) is 18.4 Å². The molecule has 1 aliphatic heterocycles. The van der Waals surface area contributed by atoms with Crippen molar-refractivity contribution in [1.82, 2.24) is 0 Å². The molecule has 150 valence electrons. The summed E-state index contributed by atoms with van der Waals surface area (Å²) >= 11 is 0. The molecule has 0 unspecified atom stereocenters. The van der Waals surface area contributed by atoms with Gasteiger partial charge in [-0.15, -0.1) is 0 Å². The molecule has 0 spiro atoms. The minimum absolute atomic E-state index is 0.260. The van der Waals surface area contributed by atoms with Gasteiger partial charge in [-0.05, 0) is 52.2 Å². The molecule has 2 heterocycles. The number of anilines is 2. The van der Waals surface area contributed by atoms with Crippen molar-refractivity contribution in [1.29, 1.82) is 0 Å². The zero-order chi connectivity index (χ0) is 20.9. The Morgan fingerprint density at radius 3 is 2.35 bits per heavy atom. The third-order valence-corrected chi connectivity index (χ3v) is 6.11. The normalized spacial score (nSPS) is 14.7. The molecule has 1 aliphatic rings. The van der Waals surface area contributed by atoms with Crippen LogP contribution in [0.2, 0.25) is 0 Å². The van der Waals surface area contributed by atoms with E-state index in [0.29, 0.717) is 11.1 Å². The van der Waals surface area contributed by atoms with E-state index in [2.05, 4.69) is 29.6 Å². The van der Waals surface area contributed by atoms with Gasteiger partial charge in [-0.1, -0.05) is 54.6 Å². The Morgan fingerprint density at radius 1 is 0.806 bits per heavy atom. The van der Waals surface area contributed by atoms with E-state index in [0.717, 1.165) is 44.4 Å². The second kappa shape index (κ2) is 6.74. The van der Waals surface area contributed by atoms with Gasteiger partial charge in [0.25, 0.3) is 0 Å². The van der Waals surface area contributed by atoms with E-state index >= 15 is 0 Å². The number of nitrogens with one attached hydrogen (secondary N) is 1. The van der Waals surface area contributed by atoms with Crippen molar-refractivity contribution < 1.29 is 9.15 Å². The van der Waals surface area contributed by atoms with Crippen LogP contribution in [0.1, 0.15) is 22.6 Å². The topological polar surface area (TPSA) is 51.5 Å². The largest absolute Gasteiger partial charge is 0.497 e. The van der Waals surface area contributed by atoms with E-state index in [9.17, 15) is 4.79 Å². The van der Waals surface area contributed by atoms with Gasteiger partial charge in [0.15, 0.2) is 0 Å². The number of rotatable bonds is 2. The van der Waals surface area contributed by atoms with E-state index in [1.807, 2.05) is 60.7 Å². The van der Waals surface area contributed by atoms with Crippen LogP contribution in [0.5, 0.6) is 5.75 Å². The first kappa shape index (κ1) is 17.8. The van der Waals surface area contributed by atoms with Crippen LogP contribution in [0.4, 0.5) is 11.4 Å². The van der Waals surface area contributed by atoms with Gasteiger partial charge in [0.2, 0.25) is 0 Å². The second-order valence-electron chi connectivity index (χ2n) is 7.75. The fourth-order valence-electron chi connectivity index (χ4n) is 4.69. The highest BCUT2D eigenvalue weighted by Gasteiger charge is 2.33. The van der Waals surface area contributed by atoms with Gasteiger partial charge in [-0.3, -0.25) is 0 Å². The van der Waals surface area contributed by atoms with E-state index in [1.54, 1.807) is 7.11 Å². The number of methoxy groups -OCH3 is 1.